The molecule has 1 aromatic carbocycles. The molecule has 5 heteroatoms. The second-order valence-corrected chi connectivity index (χ2v) is 7.78. The normalized spacial score (nSPS) is 18.8. The van der Waals surface area contributed by atoms with Crippen molar-refractivity contribution < 1.29 is 9.59 Å². The summed E-state index contributed by atoms with van der Waals surface area (Å²) in [5.41, 5.74) is 4.39. The van der Waals surface area contributed by atoms with Crippen LogP contribution in [0.4, 0.5) is 0 Å². The summed E-state index contributed by atoms with van der Waals surface area (Å²) in [5.74, 6) is -0.248. The zero-order valence-electron chi connectivity index (χ0n) is 17.0. The van der Waals surface area contributed by atoms with E-state index in [1.807, 2.05) is 18.2 Å². The fourth-order valence-corrected chi connectivity index (χ4v) is 3.77. The summed E-state index contributed by atoms with van der Waals surface area (Å²) in [7, 11) is 2.09. The van der Waals surface area contributed by atoms with Crippen LogP contribution in [-0.2, 0) is 9.59 Å². The Morgan fingerprint density at radius 3 is 2.26 bits per heavy atom. The number of unbranched alkanes of at least 4 members (excludes halogenated alkanes) is 2. The second kappa shape index (κ2) is 8.26. The highest BCUT2D eigenvalue weighted by Crippen LogP contribution is 2.33. The Morgan fingerprint density at radius 1 is 0.926 bits per heavy atom. The molecule has 1 saturated heterocycles. The number of carbonyl (C=O) groups is 2. The lowest BCUT2D eigenvalue weighted by atomic mass is 9.99. The largest absolute Gasteiger partial charge is 0.364 e. The molecule has 0 radical (unpaired) electrons. The molecule has 1 aromatic rings. The molecule has 0 aromatic heterocycles. The van der Waals surface area contributed by atoms with Gasteiger partial charge >= 0.3 is 0 Å². The van der Waals surface area contributed by atoms with Crippen LogP contribution in [0.2, 0.25) is 0 Å². The molecule has 2 amide bonds. The van der Waals surface area contributed by atoms with E-state index in [1.165, 1.54) is 10.5 Å². The lowest BCUT2D eigenvalue weighted by Crippen LogP contribution is -2.46. The van der Waals surface area contributed by atoms with E-state index >= 15 is 0 Å². The molecule has 3 rings (SSSR count). The molecule has 0 saturated carbocycles. The Hall–Kier alpha value is -2.14. The van der Waals surface area contributed by atoms with Crippen LogP contribution in [0.25, 0.3) is 5.57 Å². The molecule has 2 heterocycles. The first kappa shape index (κ1) is 19.6. The Kier molecular flexibility index (Phi) is 6.00. The Balaban J connectivity index is 1.99. The van der Waals surface area contributed by atoms with E-state index in [4.69, 9.17) is 0 Å². The minimum Gasteiger partial charge on any atom is -0.364 e. The third-order valence-electron chi connectivity index (χ3n) is 5.74. The predicted molar refractivity (Wildman–Crippen MR) is 108 cm³/mol. The molecule has 1 fully saturated rings. The number of likely N-dealkylation sites (N-methyl/N-ethyl adjacent to an activating group) is 1. The Bertz CT molecular complexity index is 761. The molecular formula is C22H31N3O2. The Morgan fingerprint density at radius 2 is 1.63 bits per heavy atom. The summed E-state index contributed by atoms with van der Waals surface area (Å²) >= 11 is 0. The molecule has 0 aliphatic carbocycles. The number of carbonyl (C=O) groups excluding carboxylic acids is 2. The lowest BCUT2D eigenvalue weighted by molar-refractivity contribution is -0.137. The minimum atomic E-state index is -0.131. The molecule has 2 aliphatic rings. The smallest absolute Gasteiger partial charge is 0.277 e. The van der Waals surface area contributed by atoms with Gasteiger partial charge in [0.1, 0.15) is 5.70 Å². The molecule has 0 bridgehead atoms. The maximum Gasteiger partial charge on any atom is 0.277 e. The van der Waals surface area contributed by atoms with Gasteiger partial charge in [0.2, 0.25) is 0 Å². The van der Waals surface area contributed by atoms with Gasteiger partial charge in [-0.2, -0.15) is 0 Å². The quantitative estimate of drug-likeness (QED) is 0.571. The summed E-state index contributed by atoms with van der Waals surface area (Å²) in [6.07, 6.45) is 2.96. The maximum absolute atomic E-state index is 13.2. The predicted octanol–water partition coefficient (Wildman–Crippen LogP) is 2.82. The van der Waals surface area contributed by atoms with E-state index in [0.29, 0.717) is 17.8 Å². The number of aryl methyl sites for hydroxylation is 2. The van der Waals surface area contributed by atoms with Crippen LogP contribution in [0.15, 0.2) is 23.9 Å². The van der Waals surface area contributed by atoms with Gasteiger partial charge in [0.15, 0.2) is 0 Å². The van der Waals surface area contributed by atoms with E-state index in [9.17, 15) is 9.59 Å². The van der Waals surface area contributed by atoms with E-state index < -0.39 is 0 Å². The van der Waals surface area contributed by atoms with Crippen LogP contribution in [0.1, 0.15) is 42.9 Å². The molecule has 0 N–H and O–H groups in total. The second-order valence-electron chi connectivity index (χ2n) is 7.78. The zero-order chi connectivity index (χ0) is 19.6. The van der Waals surface area contributed by atoms with Gasteiger partial charge in [0, 0.05) is 32.7 Å². The van der Waals surface area contributed by atoms with Gasteiger partial charge in [-0.3, -0.25) is 14.5 Å². The first-order valence-electron chi connectivity index (χ1n) is 10.1. The summed E-state index contributed by atoms with van der Waals surface area (Å²) in [5, 5.41) is 0. The molecule has 146 valence electrons. The van der Waals surface area contributed by atoms with Gasteiger partial charge in [-0.05, 0) is 44.0 Å². The number of benzene rings is 1. The SMILES string of the molecule is CCCCCN1C(=O)C(c2ccc(C)c(C)c2)=C(N2CCN(C)CC2)C1=O. The van der Waals surface area contributed by atoms with Gasteiger partial charge < -0.3 is 9.80 Å². The zero-order valence-corrected chi connectivity index (χ0v) is 17.0. The van der Waals surface area contributed by atoms with Crippen LogP contribution in [0.3, 0.4) is 0 Å². The molecule has 27 heavy (non-hydrogen) atoms. The van der Waals surface area contributed by atoms with E-state index in [-0.39, 0.29) is 11.8 Å². The van der Waals surface area contributed by atoms with Crippen molar-refractivity contribution in [3.8, 4) is 0 Å². The average Bonchev–Trinajstić information content (AvgIpc) is 2.89. The first-order valence-corrected chi connectivity index (χ1v) is 10.1. The van der Waals surface area contributed by atoms with Crippen LogP contribution in [-0.4, -0.2) is 66.3 Å². The maximum atomic E-state index is 13.2. The number of rotatable bonds is 6. The van der Waals surface area contributed by atoms with E-state index in [2.05, 4.69) is 37.6 Å². The highest BCUT2D eigenvalue weighted by molar-refractivity contribution is 6.35. The van der Waals surface area contributed by atoms with E-state index in [0.717, 1.165) is 56.6 Å². The minimum absolute atomic E-state index is 0.117. The van der Waals surface area contributed by atoms with Crippen LogP contribution >= 0.6 is 0 Å². The van der Waals surface area contributed by atoms with Crippen molar-refractivity contribution in [3.63, 3.8) is 0 Å². The molecule has 0 spiro atoms. The molecule has 5 nitrogen and oxygen atoms in total. The van der Waals surface area contributed by atoms with Gasteiger partial charge in [-0.25, -0.2) is 0 Å². The number of hydrogen-bond donors (Lipinski definition) is 0. The van der Waals surface area contributed by atoms with Crippen LogP contribution in [0.5, 0.6) is 0 Å². The third-order valence-corrected chi connectivity index (χ3v) is 5.74. The van der Waals surface area contributed by atoms with Crippen molar-refractivity contribution in [3.05, 3.63) is 40.6 Å². The lowest BCUT2D eigenvalue weighted by Gasteiger charge is -2.34. The highest BCUT2D eigenvalue weighted by atomic mass is 16.2. The molecule has 0 atom stereocenters. The summed E-state index contributed by atoms with van der Waals surface area (Å²) < 4.78 is 0. The van der Waals surface area contributed by atoms with Gasteiger partial charge in [0.05, 0.1) is 5.57 Å². The number of amides is 2. The fourth-order valence-electron chi connectivity index (χ4n) is 3.77. The van der Waals surface area contributed by atoms with Gasteiger partial charge in [-0.15, -0.1) is 0 Å². The molecule has 2 aliphatic heterocycles. The van der Waals surface area contributed by atoms with Crippen molar-refractivity contribution >= 4 is 17.4 Å². The van der Waals surface area contributed by atoms with Crippen LogP contribution in [0, 0.1) is 13.8 Å². The van der Waals surface area contributed by atoms with Gasteiger partial charge in [-0.1, -0.05) is 38.0 Å². The number of piperazine rings is 1. The summed E-state index contributed by atoms with van der Waals surface area (Å²) in [6.45, 7) is 10.1. The van der Waals surface area contributed by atoms with E-state index in [1.54, 1.807) is 0 Å². The van der Waals surface area contributed by atoms with Crippen molar-refractivity contribution in [2.45, 2.75) is 40.0 Å². The average molecular weight is 370 g/mol. The summed E-state index contributed by atoms with van der Waals surface area (Å²) in [6, 6.07) is 6.06. The monoisotopic (exact) mass is 369 g/mol. The molecule has 0 unspecified atom stereocenters. The van der Waals surface area contributed by atoms with Crippen molar-refractivity contribution in [1.29, 1.82) is 0 Å². The Labute approximate surface area is 162 Å². The van der Waals surface area contributed by atoms with Gasteiger partial charge in [0.25, 0.3) is 11.8 Å². The van der Waals surface area contributed by atoms with Crippen molar-refractivity contribution in [2.24, 2.45) is 0 Å². The number of imide groups is 1. The summed E-state index contributed by atoms with van der Waals surface area (Å²) in [4.78, 5) is 32.3. The highest BCUT2D eigenvalue weighted by Gasteiger charge is 2.41. The molecular weight excluding hydrogens is 338 g/mol. The topological polar surface area (TPSA) is 43.9 Å². The standard InChI is InChI=1S/C22H31N3O2/c1-5-6-7-10-25-21(26)19(18-9-8-16(2)17(3)15-18)20(22(25)27)24-13-11-23(4)12-14-24/h8-9,15H,5-7,10-14H2,1-4H3. The number of hydrogen-bond acceptors (Lipinski definition) is 4. The van der Waals surface area contributed by atoms with Crippen molar-refractivity contribution in [1.82, 2.24) is 14.7 Å². The van der Waals surface area contributed by atoms with Crippen molar-refractivity contribution in [2.75, 3.05) is 39.8 Å². The van der Waals surface area contributed by atoms with Crippen LogP contribution < -0.4 is 0 Å². The third kappa shape index (κ3) is 3.93. The number of nitrogens with zero attached hydrogens (tertiary/aromatic N) is 3. The fraction of sp³-hybridized carbons (Fsp3) is 0.545. The first-order chi connectivity index (χ1) is 12.9.